The molecule has 0 saturated carbocycles. The Morgan fingerprint density at radius 1 is 1.38 bits per heavy atom. The van der Waals surface area contributed by atoms with E-state index in [1.165, 1.54) is 23.8 Å². The van der Waals surface area contributed by atoms with Crippen LogP contribution in [-0.4, -0.2) is 96.6 Å². The van der Waals surface area contributed by atoms with Gasteiger partial charge in [0.1, 0.15) is 35.7 Å². The molecule has 14 nitrogen and oxygen atoms in total. The lowest BCUT2D eigenvalue weighted by Gasteiger charge is -2.49. The van der Waals surface area contributed by atoms with Crippen LogP contribution in [0.4, 0.5) is 5.13 Å². The number of aliphatic carboxylic acids is 1. The molecule has 0 radical (unpaired) electrons. The molecule has 0 bridgehead atoms. The number of aromatic nitrogens is 1. The number of nitrogens with two attached hydrogens (primary N) is 2. The Balaban J connectivity index is 1.27. The molecule has 2 atom stereocenters. The van der Waals surface area contributed by atoms with E-state index in [9.17, 15) is 19.5 Å². The van der Waals surface area contributed by atoms with E-state index in [2.05, 4.69) is 20.6 Å². The number of nitrogens with zero attached hydrogens (tertiary/aromatic N) is 6. The largest absolute Gasteiger partial charge is 0.477 e. The van der Waals surface area contributed by atoms with Gasteiger partial charge in [-0.1, -0.05) is 5.16 Å². The number of carboxylic acid groups (broad SMARTS) is 1. The minimum Gasteiger partial charge on any atom is -0.477 e. The number of amides is 2. The predicted octanol–water partition coefficient (Wildman–Crippen LogP) is 0.544. The lowest BCUT2D eigenvalue weighted by atomic mass is 10.0. The summed E-state index contributed by atoms with van der Waals surface area (Å²) in [5, 5.41) is 25.1. The number of rotatable bonds is 10. The number of nitrogen functional groups attached to an aromatic ring is 1. The van der Waals surface area contributed by atoms with Crippen LogP contribution in [0.5, 0.6) is 0 Å². The second-order valence-electron chi connectivity index (χ2n) is 8.83. The normalized spacial score (nSPS) is 22.0. The van der Waals surface area contributed by atoms with Gasteiger partial charge in [-0.05, 0) is 24.6 Å². The number of anilines is 1. The number of carbonyl (C=O) groups is 3. The van der Waals surface area contributed by atoms with E-state index >= 15 is 0 Å². The molecule has 212 valence electrons. The van der Waals surface area contributed by atoms with E-state index in [1.54, 1.807) is 22.2 Å². The zero-order chi connectivity index (χ0) is 28.4. The molecule has 1 aromatic heterocycles. The minimum atomic E-state index is -1.20. The summed E-state index contributed by atoms with van der Waals surface area (Å²) in [6.45, 7) is 0.915. The Labute approximate surface area is 241 Å². The molecule has 0 aliphatic carbocycles. The number of allylic oxidation sites excluding steroid dienone is 1. The zero-order valence-corrected chi connectivity index (χ0v) is 23.8. The van der Waals surface area contributed by atoms with Crippen molar-refractivity contribution in [1.82, 2.24) is 25.1 Å². The maximum atomic E-state index is 13.1. The van der Waals surface area contributed by atoms with Gasteiger partial charge in [-0.15, -0.1) is 34.9 Å². The van der Waals surface area contributed by atoms with Gasteiger partial charge in [-0.3, -0.25) is 14.5 Å². The van der Waals surface area contributed by atoms with Crippen molar-refractivity contribution in [3.05, 3.63) is 46.6 Å². The third-order valence-electron chi connectivity index (χ3n) is 6.27. The number of thioether (sulfide) groups is 2. The summed E-state index contributed by atoms with van der Waals surface area (Å²) in [6, 6.07) is -0.931. The van der Waals surface area contributed by atoms with Crippen LogP contribution in [0, 0.1) is 0 Å². The van der Waals surface area contributed by atoms with Gasteiger partial charge < -0.3 is 31.6 Å². The van der Waals surface area contributed by atoms with E-state index < -0.39 is 29.2 Å². The first kappa shape index (κ1) is 28.0. The molecular formula is C23H27N9O5S3. The summed E-state index contributed by atoms with van der Waals surface area (Å²) in [5.74, 6) is -0.296. The smallest absolute Gasteiger partial charge is 0.352 e. The molecule has 1 aromatic rings. The topological polar surface area (TPSA) is 192 Å². The molecule has 40 heavy (non-hydrogen) atoms. The first-order valence-electron chi connectivity index (χ1n) is 12.2. The van der Waals surface area contributed by atoms with Gasteiger partial charge in [0.25, 0.3) is 11.8 Å². The van der Waals surface area contributed by atoms with Crippen LogP contribution in [0.3, 0.4) is 0 Å². The first-order valence-corrected chi connectivity index (χ1v) is 15.1. The quantitative estimate of drug-likeness (QED) is 0.125. The molecule has 6 N–H and O–H groups in total. The molecule has 1 saturated heterocycles. The lowest BCUT2D eigenvalue weighted by molar-refractivity contribution is -0.150. The SMILES string of the molecule is CON=C(C(=O)N[C@@H]1C(=O)N2C(C(=O)O)=C(CN3C=CN4N=C(SCCCN)CC=C34)CS[C@@H]12)c1csc(N)n1. The molecule has 4 aliphatic heterocycles. The molecule has 5 heterocycles. The summed E-state index contributed by atoms with van der Waals surface area (Å²) in [4.78, 5) is 50.4. The standard InChI is InChI=1S/C23H27N9O5S3/c1-37-29-16(13-11-40-23(25)26-13)19(33)27-17-20(34)32-18(22(35)36)12(10-39-21(17)32)9-30-6-7-31-15(30)4-3-14(28-31)38-8-2-5-24/h4,6-7,11,17,21H,2-3,5,8-10,24H2,1H3,(H2,25,26)(H,27,33)(H,35,36)/t17-,21+/m1/s1. The van der Waals surface area contributed by atoms with E-state index in [4.69, 9.17) is 16.3 Å². The van der Waals surface area contributed by atoms with Gasteiger partial charge in [-0.25, -0.2) is 14.8 Å². The highest BCUT2D eigenvalue weighted by atomic mass is 32.2. The predicted molar refractivity (Wildman–Crippen MR) is 154 cm³/mol. The zero-order valence-electron chi connectivity index (χ0n) is 21.3. The molecule has 1 fully saturated rings. The average Bonchev–Trinajstić information content (AvgIpc) is 3.55. The van der Waals surface area contributed by atoms with E-state index in [0.29, 0.717) is 24.3 Å². The van der Waals surface area contributed by atoms with Crippen molar-refractivity contribution >= 4 is 68.5 Å². The molecule has 0 spiro atoms. The molecule has 0 unspecified atom stereocenters. The highest BCUT2D eigenvalue weighted by molar-refractivity contribution is 8.13. The fraction of sp³-hybridized carbons (Fsp3) is 0.391. The number of hydrazone groups is 1. The van der Waals surface area contributed by atoms with Crippen LogP contribution >= 0.6 is 34.9 Å². The van der Waals surface area contributed by atoms with E-state index in [1.807, 2.05) is 23.4 Å². The highest BCUT2D eigenvalue weighted by Crippen LogP contribution is 2.41. The van der Waals surface area contributed by atoms with E-state index in [-0.39, 0.29) is 28.8 Å². The molecular weight excluding hydrogens is 579 g/mol. The van der Waals surface area contributed by atoms with Crippen LogP contribution in [0.1, 0.15) is 18.5 Å². The Morgan fingerprint density at radius 3 is 2.90 bits per heavy atom. The number of carbonyl (C=O) groups excluding carboxylic acids is 2. The summed E-state index contributed by atoms with van der Waals surface area (Å²) >= 11 is 4.19. The van der Waals surface area contributed by atoms with Crippen LogP contribution in [0.2, 0.25) is 0 Å². The number of fused-ring (bicyclic) bond motifs is 2. The summed E-state index contributed by atoms with van der Waals surface area (Å²) in [5.41, 5.74) is 11.8. The van der Waals surface area contributed by atoms with Gasteiger partial charge in [0.05, 0.1) is 5.04 Å². The van der Waals surface area contributed by atoms with Gasteiger partial charge >= 0.3 is 5.97 Å². The van der Waals surface area contributed by atoms with Crippen LogP contribution < -0.4 is 16.8 Å². The maximum absolute atomic E-state index is 13.1. The van der Waals surface area contributed by atoms with Crippen molar-refractivity contribution in [2.75, 3.05) is 37.4 Å². The van der Waals surface area contributed by atoms with Gasteiger partial charge in [-0.2, -0.15) is 5.10 Å². The van der Waals surface area contributed by atoms with Crippen molar-refractivity contribution in [2.24, 2.45) is 16.0 Å². The Bertz CT molecular complexity index is 1370. The fourth-order valence-electron chi connectivity index (χ4n) is 4.47. The van der Waals surface area contributed by atoms with Crippen molar-refractivity contribution in [3.8, 4) is 0 Å². The molecule has 5 rings (SSSR count). The first-order chi connectivity index (χ1) is 19.3. The number of thiazole rings is 1. The van der Waals surface area contributed by atoms with E-state index in [0.717, 1.165) is 34.4 Å². The van der Waals surface area contributed by atoms with Crippen LogP contribution in [-0.2, 0) is 19.2 Å². The Hall–Kier alpha value is -3.54. The summed E-state index contributed by atoms with van der Waals surface area (Å²) < 4.78 is 0. The fourth-order valence-corrected chi connectivity index (χ4v) is 7.25. The number of nitrogens with one attached hydrogen (secondary N) is 1. The average molecular weight is 606 g/mol. The molecule has 0 aromatic carbocycles. The molecule has 4 aliphatic rings. The van der Waals surface area contributed by atoms with Crippen LogP contribution in [0.15, 0.2) is 51.2 Å². The van der Waals surface area contributed by atoms with Gasteiger partial charge in [0.15, 0.2) is 10.8 Å². The maximum Gasteiger partial charge on any atom is 0.352 e. The van der Waals surface area contributed by atoms with Crippen molar-refractivity contribution in [2.45, 2.75) is 24.3 Å². The number of hydrogen-bond acceptors (Lipinski definition) is 14. The second-order valence-corrected chi connectivity index (χ2v) is 12.0. The second kappa shape index (κ2) is 11.9. The monoisotopic (exact) mass is 605 g/mol. The Morgan fingerprint density at radius 2 is 2.20 bits per heavy atom. The summed E-state index contributed by atoms with van der Waals surface area (Å²) in [6.07, 6.45) is 7.30. The number of oxime groups is 1. The van der Waals surface area contributed by atoms with Crippen molar-refractivity contribution in [3.63, 3.8) is 0 Å². The summed E-state index contributed by atoms with van der Waals surface area (Å²) in [7, 11) is 1.29. The number of β-lactam (4-membered cyclic amide) rings is 1. The third-order valence-corrected chi connectivity index (χ3v) is 9.36. The van der Waals surface area contributed by atoms with Crippen molar-refractivity contribution in [1.29, 1.82) is 0 Å². The van der Waals surface area contributed by atoms with Crippen molar-refractivity contribution < 1.29 is 24.3 Å². The van der Waals surface area contributed by atoms with Crippen LogP contribution in [0.25, 0.3) is 0 Å². The minimum absolute atomic E-state index is 0.0675. The number of carboxylic acids is 1. The van der Waals surface area contributed by atoms with Gasteiger partial charge in [0, 0.05) is 42.3 Å². The third kappa shape index (κ3) is 5.41. The molecule has 17 heteroatoms. The van der Waals surface area contributed by atoms with Gasteiger partial charge in [0.2, 0.25) is 0 Å². The Kier molecular flexibility index (Phi) is 8.34. The molecule has 2 amide bonds. The lowest BCUT2D eigenvalue weighted by Crippen LogP contribution is -2.71. The highest BCUT2D eigenvalue weighted by Gasteiger charge is 2.54. The number of hydrogen-bond donors (Lipinski definition) is 4.